The number of hydrogen-bond donors (Lipinski definition) is 1. The quantitative estimate of drug-likeness (QED) is 0.863. The Hall–Kier alpha value is -3.02. The summed E-state index contributed by atoms with van der Waals surface area (Å²) in [5.41, 5.74) is 1.27. The molecule has 6 heteroatoms. The van der Waals surface area contributed by atoms with Crippen molar-refractivity contribution in [3.8, 4) is 0 Å². The Morgan fingerprint density at radius 2 is 1.67 bits per heavy atom. The highest BCUT2D eigenvalue weighted by Gasteiger charge is 2.35. The number of rotatable bonds is 3. The van der Waals surface area contributed by atoms with Gasteiger partial charge in [-0.15, -0.1) is 0 Å². The molecular weight excluding hydrogens is 272 g/mol. The van der Waals surface area contributed by atoms with Crippen molar-refractivity contribution in [2.45, 2.75) is 6.54 Å². The van der Waals surface area contributed by atoms with Gasteiger partial charge in [0.05, 0.1) is 28.9 Å². The number of amides is 2. The van der Waals surface area contributed by atoms with Crippen LogP contribution >= 0.6 is 0 Å². The van der Waals surface area contributed by atoms with Crippen molar-refractivity contribution < 1.29 is 19.5 Å². The summed E-state index contributed by atoms with van der Waals surface area (Å²) in [5.74, 6) is -1.80. The van der Waals surface area contributed by atoms with Crippen LogP contribution in [-0.2, 0) is 6.54 Å². The SMILES string of the molecule is O=C(O)c1ccc(CN2C(=O)c3ccccc3C2=O)nc1. The third-order valence-electron chi connectivity index (χ3n) is 3.27. The van der Waals surface area contributed by atoms with E-state index in [4.69, 9.17) is 5.11 Å². The lowest BCUT2D eigenvalue weighted by molar-refractivity contribution is 0.0636. The van der Waals surface area contributed by atoms with Crippen LogP contribution in [0, 0.1) is 0 Å². The van der Waals surface area contributed by atoms with E-state index in [-0.39, 0.29) is 23.9 Å². The van der Waals surface area contributed by atoms with E-state index in [1.54, 1.807) is 24.3 Å². The first kappa shape index (κ1) is 13.0. The van der Waals surface area contributed by atoms with E-state index in [0.29, 0.717) is 16.8 Å². The zero-order valence-corrected chi connectivity index (χ0v) is 10.8. The molecule has 1 aliphatic heterocycles. The number of aromatic nitrogens is 1. The van der Waals surface area contributed by atoms with E-state index in [2.05, 4.69) is 4.98 Å². The number of carboxylic acid groups (broad SMARTS) is 1. The number of pyridine rings is 1. The van der Waals surface area contributed by atoms with Crippen molar-refractivity contribution in [1.82, 2.24) is 9.88 Å². The molecule has 0 radical (unpaired) electrons. The minimum atomic E-state index is -1.07. The fourth-order valence-electron chi connectivity index (χ4n) is 2.19. The van der Waals surface area contributed by atoms with Gasteiger partial charge in [0.2, 0.25) is 0 Å². The highest BCUT2D eigenvalue weighted by Crippen LogP contribution is 2.23. The van der Waals surface area contributed by atoms with Crippen molar-refractivity contribution in [1.29, 1.82) is 0 Å². The molecule has 2 aromatic rings. The smallest absolute Gasteiger partial charge is 0.337 e. The molecule has 1 aromatic carbocycles. The normalized spacial score (nSPS) is 13.4. The van der Waals surface area contributed by atoms with Crippen molar-refractivity contribution in [3.05, 3.63) is 65.0 Å². The minimum absolute atomic E-state index is 0.0201. The molecule has 0 saturated carbocycles. The van der Waals surface area contributed by atoms with Gasteiger partial charge in [0, 0.05) is 6.20 Å². The standard InChI is InChI=1S/C15H10N2O4/c18-13-11-3-1-2-4-12(11)14(19)17(13)8-10-6-5-9(7-16-10)15(20)21/h1-7H,8H2,(H,20,21). The molecule has 1 aliphatic rings. The number of hydrogen-bond acceptors (Lipinski definition) is 4. The summed E-state index contributed by atoms with van der Waals surface area (Å²) in [5, 5.41) is 8.80. The molecule has 104 valence electrons. The first-order valence-corrected chi connectivity index (χ1v) is 6.21. The first-order chi connectivity index (χ1) is 10.1. The predicted molar refractivity (Wildman–Crippen MR) is 71.8 cm³/mol. The second kappa shape index (κ2) is 4.82. The van der Waals surface area contributed by atoms with Gasteiger partial charge in [0.1, 0.15) is 0 Å². The number of aromatic carboxylic acids is 1. The van der Waals surface area contributed by atoms with E-state index < -0.39 is 5.97 Å². The molecule has 0 fully saturated rings. The minimum Gasteiger partial charge on any atom is -0.478 e. The Kier molecular flexibility index (Phi) is 2.98. The second-order valence-corrected chi connectivity index (χ2v) is 4.59. The molecule has 0 bridgehead atoms. The van der Waals surface area contributed by atoms with Gasteiger partial charge in [-0.2, -0.15) is 0 Å². The summed E-state index contributed by atoms with van der Waals surface area (Å²) in [4.78, 5) is 40.2. The first-order valence-electron chi connectivity index (χ1n) is 6.21. The lowest BCUT2D eigenvalue weighted by Gasteiger charge is -2.13. The summed E-state index contributed by atoms with van der Waals surface area (Å²) < 4.78 is 0. The summed E-state index contributed by atoms with van der Waals surface area (Å²) >= 11 is 0. The number of carboxylic acids is 1. The molecule has 1 aromatic heterocycles. The average molecular weight is 282 g/mol. The Morgan fingerprint density at radius 1 is 1.05 bits per heavy atom. The van der Waals surface area contributed by atoms with Crippen molar-refractivity contribution >= 4 is 17.8 Å². The maximum absolute atomic E-state index is 12.2. The second-order valence-electron chi connectivity index (χ2n) is 4.59. The van der Waals surface area contributed by atoms with E-state index in [1.807, 2.05) is 0 Å². The average Bonchev–Trinajstić information content (AvgIpc) is 2.73. The Morgan fingerprint density at radius 3 is 2.14 bits per heavy atom. The Balaban J connectivity index is 1.85. The highest BCUT2D eigenvalue weighted by molar-refractivity contribution is 6.21. The molecule has 0 saturated heterocycles. The van der Waals surface area contributed by atoms with Gasteiger partial charge >= 0.3 is 5.97 Å². The zero-order chi connectivity index (χ0) is 15.0. The van der Waals surface area contributed by atoms with Gasteiger partial charge in [-0.05, 0) is 24.3 Å². The summed E-state index contributed by atoms with van der Waals surface area (Å²) in [6.07, 6.45) is 1.20. The lowest BCUT2D eigenvalue weighted by Crippen LogP contribution is -2.29. The van der Waals surface area contributed by atoms with Crippen LogP contribution in [-0.4, -0.2) is 32.8 Å². The van der Waals surface area contributed by atoms with Gasteiger partial charge in [-0.1, -0.05) is 12.1 Å². The molecule has 1 N–H and O–H groups in total. The highest BCUT2D eigenvalue weighted by atomic mass is 16.4. The van der Waals surface area contributed by atoms with E-state index in [9.17, 15) is 14.4 Å². The van der Waals surface area contributed by atoms with Crippen molar-refractivity contribution in [3.63, 3.8) is 0 Å². The topological polar surface area (TPSA) is 87.6 Å². The molecule has 2 amide bonds. The number of nitrogens with zero attached hydrogens (tertiary/aromatic N) is 2. The molecular formula is C15H10N2O4. The van der Waals surface area contributed by atoms with Gasteiger partial charge in [0.25, 0.3) is 11.8 Å². The third-order valence-corrected chi connectivity index (χ3v) is 3.27. The predicted octanol–water partition coefficient (Wildman–Crippen LogP) is 1.58. The summed E-state index contributed by atoms with van der Waals surface area (Å²) in [7, 11) is 0. The van der Waals surface area contributed by atoms with E-state index in [1.165, 1.54) is 18.3 Å². The Bertz CT molecular complexity index is 718. The van der Waals surface area contributed by atoms with Crippen LogP contribution in [0.5, 0.6) is 0 Å². The molecule has 6 nitrogen and oxygen atoms in total. The summed E-state index contributed by atoms with van der Waals surface area (Å²) in [6, 6.07) is 9.50. The number of fused-ring (bicyclic) bond motifs is 1. The Labute approximate surface area is 119 Å². The fourth-order valence-corrected chi connectivity index (χ4v) is 2.19. The largest absolute Gasteiger partial charge is 0.478 e. The van der Waals surface area contributed by atoms with Crippen LogP contribution in [0.15, 0.2) is 42.6 Å². The van der Waals surface area contributed by atoms with Crippen LogP contribution < -0.4 is 0 Å². The maximum atomic E-state index is 12.2. The number of carbonyl (C=O) groups is 3. The fraction of sp³-hybridized carbons (Fsp3) is 0.0667. The van der Waals surface area contributed by atoms with Gasteiger partial charge in [0.15, 0.2) is 0 Å². The summed E-state index contributed by atoms with van der Waals surface area (Å²) in [6.45, 7) is 0.0201. The van der Waals surface area contributed by atoms with Crippen molar-refractivity contribution in [2.75, 3.05) is 0 Å². The number of imide groups is 1. The monoisotopic (exact) mass is 282 g/mol. The molecule has 0 unspecified atom stereocenters. The van der Waals surface area contributed by atoms with E-state index in [0.717, 1.165) is 4.90 Å². The molecule has 2 heterocycles. The molecule has 0 aliphatic carbocycles. The molecule has 0 spiro atoms. The van der Waals surface area contributed by atoms with Crippen LogP contribution in [0.1, 0.15) is 36.8 Å². The molecule has 3 rings (SSSR count). The van der Waals surface area contributed by atoms with Crippen LogP contribution in [0.2, 0.25) is 0 Å². The van der Waals surface area contributed by atoms with Crippen molar-refractivity contribution in [2.24, 2.45) is 0 Å². The zero-order valence-electron chi connectivity index (χ0n) is 10.8. The van der Waals surface area contributed by atoms with Crippen LogP contribution in [0.4, 0.5) is 0 Å². The molecule has 21 heavy (non-hydrogen) atoms. The third kappa shape index (κ3) is 2.16. The van der Waals surface area contributed by atoms with Gasteiger partial charge in [-0.3, -0.25) is 19.5 Å². The number of carbonyl (C=O) groups excluding carboxylic acids is 2. The van der Waals surface area contributed by atoms with Gasteiger partial charge in [-0.25, -0.2) is 4.79 Å². The molecule has 0 atom stereocenters. The maximum Gasteiger partial charge on any atom is 0.337 e. The number of benzene rings is 1. The van der Waals surface area contributed by atoms with Crippen LogP contribution in [0.3, 0.4) is 0 Å². The van der Waals surface area contributed by atoms with E-state index >= 15 is 0 Å². The van der Waals surface area contributed by atoms with Crippen LogP contribution in [0.25, 0.3) is 0 Å². The lowest BCUT2D eigenvalue weighted by atomic mass is 10.1. The van der Waals surface area contributed by atoms with Gasteiger partial charge < -0.3 is 5.11 Å².